The molecular weight excluding hydrogens is 380 g/mol. The van der Waals surface area contributed by atoms with Crippen LogP contribution in [0, 0.1) is 13.8 Å². The minimum absolute atomic E-state index is 0.0441. The van der Waals surface area contributed by atoms with E-state index in [1.165, 1.54) is 4.90 Å². The predicted molar refractivity (Wildman–Crippen MR) is 112 cm³/mol. The average molecular weight is 406 g/mol. The van der Waals surface area contributed by atoms with Crippen LogP contribution < -0.4 is 5.32 Å². The first-order chi connectivity index (χ1) is 14.5. The normalized spacial score (nSPS) is 21.5. The largest absolute Gasteiger partial charge is 0.327 e. The lowest BCUT2D eigenvalue weighted by Gasteiger charge is -2.46. The van der Waals surface area contributed by atoms with E-state index < -0.39 is 12.1 Å². The van der Waals surface area contributed by atoms with Crippen LogP contribution in [0.3, 0.4) is 0 Å². The van der Waals surface area contributed by atoms with Crippen LogP contribution in [0.2, 0.25) is 0 Å². The van der Waals surface area contributed by atoms with Gasteiger partial charge >= 0.3 is 6.03 Å². The van der Waals surface area contributed by atoms with Gasteiger partial charge in [-0.15, -0.1) is 0 Å². The summed E-state index contributed by atoms with van der Waals surface area (Å²) in [5, 5.41) is 3.25. The highest BCUT2D eigenvalue weighted by Crippen LogP contribution is 2.26. The van der Waals surface area contributed by atoms with E-state index in [0.29, 0.717) is 17.7 Å². The number of pyridine rings is 1. The Hall–Kier alpha value is -3.06. The fraction of sp³-hybridized carbons (Fsp3) is 0.391. The number of ketones is 1. The Morgan fingerprint density at radius 3 is 2.77 bits per heavy atom. The van der Waals surface area contributed by atoms with Gasteiger partial charge in [-0.1, -0.05) is 29.8 Å². The van der Waals surface area contributed by atoms with Crippen molar-refractivity contribution in [2.75, 3.05) is 13.1 Å². The number of urea groups is 1. The summed E-state index contributed by atoms with van der Waals surface area (Å²) < 4.78 is 0. The van der Waals surface area contributed by atoms with Crippen molar-refractivity contribution in [3.8, 4) is 0 Å². The van der Waals surface area contributed by atoms with Crippen LogP contribution in [0.15, 0.2) is 42.6 Å². The fourth-order valence-corrected chi connectivity index (χ4v) is 4.37. The maximum Gasteiger partial charge on any atom is 0.327 e. The van der Waals surface area contributed by atoms with Gasteiger partial charge in [0.2, 0.25) is 5.91 Å². The molecule has 1 aromatic carbocycles. The van der Waals surface area contributed by atoms with E-state index in [9.17, 15) is 14.4 Å². The second-order valence-electron chi connectivity index (χ2n) is 8.04. The van der Waals surface area contributed by atoms with Crippen molar-refractivity contribution in [1.82, 2.24) is 20.1 Å². The third-order valence-electron chi connectivity index (χ3n) is 5.88. The molecule has 2 fully saturated rings. The molecule has 30 heavy (non-hydrogen) atoms. The summed E-state index contributed by atoms with van der Waals surface area (Å²) in [4.78, 5) is 46.5. The molecule has 1 N–H and O–H groups in total. The molecule has 2 aromatic rings. The monoisotopic (exact) mass is 406 g/mol. The van der Waals surface area contributed by atoms with Gasteiger partial charge in [0.05, 0.1) is 24.8 Å². The van der Waals surface area contributed by atoms with Crippen LogP contribution in [0.4, 0.5) is 4.79 Å². The van der Waals surface area contributed by atoms with Gasteiger partial charge in [-0.25, -0.2) is 4.79 Å². The lowest BCUT2D eigenvalue weighted by atomic mass is 9.92. The summed E-state index contributed by atoms with van der Waals surface area (Å²) in [5.41, 5.74) is 3.22. The van der Waals surface area contributed by atoms with Crippen LogP contribution in [-0.4, -0.2) is 57.7 Å². The highest BCUT2D eigenvalue weighted by atomic mass is 16.2. The predicted octanol–water partition coefficient (Wildman–Crippen LogP) is 2.47. The molecule has 2 aliphatic rings. The van der Waals surface area contributed by atoms with E-state index in [-0.39, 0.29) is 30.8 Å². The average Bonchev–Trinajstić information content (AvgIpc) is 2.75. The van der Waals surface area contributed by atoms with Gasteiger partial charge in [0, 0.05) is 11.8 Å². The summed E-state index contributed by atoms with van der Waals surface area (Å²) in [6.45, 7) is 4.65. The maximum absolute atomic E-state index is 13.3. The zero-order valence-electron chi connectivity index (χ0n) is 17.3. The third kappa shape index (κ3) is 3.85. The molecule has 0 saturated carbocycles. The van der Waals surface area contributed by atoms with Crippen molar-refractivity contribution >= 4 is 17.7 Å². The number of Topliss-reactive ketones (excluding diaryl/α,β-unsaturated/α-hetero) is 1. The number of hydrogen-bond donors (Lipinski definition) is 1. The second-order valence-corrected chi connectivity index (χ2v) is 8.04. The SMILES string of the molecule is Cc1ccc(C(=O)CN2C(=O)N(Cc3ccccn3)C(=O)C3NCCCC32)c(C)c1. The van der Waals surface area contributed by atoms with Gasteiger partial charge < -0.3 is 10.2 Å². The Kier molecular flexibility index (Phi) is 5.63. The molecular formula is C23H26N4O3. The number of nitrogens with one attached hydrogen (secondary N) is 1. The van der Waals surface area contributed by atoms with Crippen molar-refractivity contribution in [1.29, 1.82) is 0 Å². The van der Waals surface area contributed by atoms with Crippen molar-refractivity contribution in [3.05, 3.63) is 65.0 Å². The molecule has 0 radical (unpaired) electrons. The topological polar surface area (TPSA) is 82.6 Å². The van der Waals surface area contributed by atoms with Crippen molar-refractivity contribution in [2.45, 2.75) is 45.3 Å². The lowest BCUT2D eigenvalue weighted by molar-refractivity contribution is -0.137. The molecule has 0 spiro atoms. The number of imide groups is 1. The van der Waals surface area contributed by atoms with Gasteiger partial charge in [0.15, 0.2) is 5.78 Å². The number of hydrogen-bond acceptors (Lipinski definition) is 5. The van der Waals surface area contributed by atoms with Crippen molar-refractivity contribution in [2.24, 2.45) is 0 Å². The first kappa shape index (κ1) is 20.2. The Balaban J connectivity index is 1.61. The summed E-state index contributed by atoms with van der Waals surface area (Å²) in [6.07, 6.45) is 3.19. The number of aromatic nitrogens is 1. The number of rotatable bonds is 5. The minimum Gasteiger partial charge on any atom is -0.311 e. The highest BCUT2D eigenvalue weighted by molar-refractivity contribution is 6.04. The number of nitrogens with zero attached hydrogens (tertiary/aromatic N) is 3. The quantitative estimate of drug-likeness (QED) is 0.772. The van der Waals surface area contributed by atoms with Gasteiger partial charge in [-0.2, -0.15) is 0 Å². The molecule has 3 heterocycles. The fourth-order valence-electron chi connectivity index (χ4n) is 4.37. The first-order valence-corrected chi connectivity index (χ1v) is 10.3. The smallest absolute Gasteiger partial charge is 0.311 e. The number of benzene rings is 1. The molecule has 7 heteroatoms. The zero-order chi connectivity index (χ0) is 21.3. The maximum atomic E-state index is 13.3. The molecule has 156 valence electrons. The Morgan fingerprint density at radius 2 is 2.03 bits per heavy atom. The summed E-state index contributed by atoms with van der Waals surface area (Å²) >= 11 is 0. The molecule has 0 bridgehead atoms. The molecule has 7 nitrogen and oxygen atoms in total. The van der Waals surface area contributed by atoms with E-state index in [1.807, 2.05) is 38.1 Å². The summed E-state index contributed by atoms with van der Waals surface area (Å²) in [6, 6.07) is 9.85. The Morgan fingerprint density at radius 1 is 1.20 bits per heavy atom. The molecule has 4 rings (SSSR count). The summed E-state index contributed by atoms with van der Waals surface area (Å²) in [5.74, 6) is -0.358. The minimum atomic E-state index is -0.493. The Bertz CT molecular complexity index is 976. The third-order valence-corrected chi connectivity index (χ3v) is 5.88. The molecule has 0 aliphatic carbocycles. The van der Waals surface area contributed by atoms with Gasteiger partial charge in [0.1, 0.15) is 6.04 Å². The van der Waals surface area contributed by atoms with Gasteiger partial charge in [0.25, 0.3) is 0 Å². The van der Waals surface area contributed by atoms with Crippen LogP contribution in [0.5, 0.6) is 0 Å². The van der Waals surface area contributed by atoms with E-state index >= 15 is 0 Å². The lowest BCUT2D eigenvalue weighted by Crippen LogP contribution is -2.69. The zero-order valence-corrected chi connectivity index (χ0v) is 17.3. The molecule has 1 aromatic heterocycles. The molecule has 2 saturated heterocycles. The van der Waals surface area contributed by atoms with Crippen LogP contribution in [0.1, 0.15) is 40.0 Å². The van der Waals surface area contributed by atoms with E-state index in [1.54, 1.807) is 23.2 Å². The number of amides is 3. The number of piperidine rings is 1. The number of carbonyl (C=O) groups excluding carboxylic acids is 3. The van der Waals surface area contributed by atoms with Crippen molar-refractivity contribution in [3.63, 3.8) is 0 Å². The second kappa shape index (κ2) is 8.36. The molecule has 2 aliphatic heterocycles. The summed E-state index contributed by atoms with van der Waals surface area (Å²) in [7, 11) is 0. The molecule has 3 amide bonds. The number of carbonyl (C=O) groups is 3. The molecule has 2 unspecified atom stereocenters. The Labute approximate surface area is 176 Å². The highest BCUT2D eigenvalue weighted by Gasteiger charge is 2.47. The van der Waals surface area contributed by atoms with Gasteiger partial charge in [-0.3, -0.25) is 19.5 Å². The van der Waals surface area contributed by atoms with Crippen LogP contribution >= 0.6 is 0 Å². The number of aryl methyl sites for hydroxylation is 2. The van der Waals surface area contributed by atoms with Crippen molar-refractivity contribution < 1.29 is 14.4 Å². The molecule has 2 atom stereocenters. The van der Waals surface area contributed by atoms with Gasteiger partial charge in [-0.05, 0) is 50.9 Å². The van der Waals surface area contributed by atoms with E-state index in [0.717, 1.165) is 24.1 Å². The van der Waals surface area contributed by atoms with Crippen LogP contribution in [-0.2, 0) is 11.3 Å². The van der Waals surface area contributed by atoms with Crippen LogP contribution in [0.25, 0.3) is 0 Å². The number of fused-ring (bicyclic) bond motifs is 1. The standard InChI is InChI=1S/C23H26N4O3/c1-15-8-9-18(16(2)12-15)20(28)14-26-19-7-5-11-25-21(19)22(29)27(23(26)30)13-17-6-3-4-10-24-17/h3-4,6,8-10,12,19,21,25H,5,7,11,13-14H2,1-2H3. The van der Waals surface area contributed by atoms with E-state index in [2.05, 4.69) is 10.3 Å². The first-order valence-electron chi connectivity index (χ1n) is 10.3. The van der Waals surface area contributed by atoms with E-state index in [4.69, 9.17) is 0 Å².